The summed E-state index contributed by atoms with van der Waals surface area (Å²) in [6.07, 6.45) is 2.61. The lowest BCUT2D eigenvalue weighted by molar-refractivity contribution is -0.137. The second-order valence-corrected chi connectivity index (χ2v) is 8.68. The number of carboxylic acid groups (broad SMARTS) is 1. The van der Waals surface area contributed by atoms with Crippen molar-refractivity contribution in [3.63, 3.8) is 0 Å². The molecule has 0 radical (unpaired) electrons. The summed E-state index contributed by atoms with van der Waals surface area (Å²) in [5, 5.41) is 19.2. The second kappa shape index (κ2) is 9.56. The lowest BCUT2D eigenvalue weighted by Crippen LogP contribution is -1.99. The molecule has 2 aromatic heterocycles. The Bertz CT molecular complexity index is 1070. The van der Waals surface area contributed by atoms with Crippen molar-refractivity contribution >= 4 is 41.1 Å². The molecule has 0 saturated carbocycles. The number of halogens is 2. The molecule has 0 spiro atoms. The largest absolute Gasteiger partial charge is 0.494 e. The van der Waals surface area contributed by atoms with E-state index in [-0.39, 0.29) is 17.3 Å². The molecule has 0 aliphatic rings. The fourth-order valence-corrected chi connectivity index (χ4v) is 4.49. The summed E-state index contributed by atoms with van der Waals surface area (Å²) >= 11 is 12.5. The van der Waals surface area contributed by atoms with Crippen LogP contribution < -0.4 is 0 Å². The molecule has 0 fully saturated rings. The highest BCUT2D eigenvalue weighted by Crippen LogP contribution is 2.32. The highest BCUT2D eigenvalue weighted by Gasteiger charge is 2.15. The van der Waals surface area contributed by atoms with Crippen LogP contribution in [0.2, 0.25) is 5.02 Å². The fraction of sp³-hybridized carbons (Fsp3) is 0.300. The van der Waals surface area contributed by atoms with Crippen molar-refractivity contribution in [1.29, 1.82) is 0 Å². The maximum absolute atomic E-state index is 13.3. The van der Waals surface area contributed by atoms with Crippen molar-refractivity contribution in [2.24, 2.45) is 0 Å². The standard InChI is InChI=1S/C20H19ClFNO4S2/c21-14-10-12(5-7-15(14)22)16-8-6-13(27-16)11-17-19(26)23(20(28)29-17)9-3-1-2-4-18(24)25/h5-8,10,26H,1-4,9,11H2,(H,24,25). The number of furan rings is 1. The van der Waals surface area contributed by atoms with E-state index in [1.165, 1.54) is 23.5 Å². The van der Waals surface area contributed by atoms with Gasteiger partial charge in [0.05, 0.1) is 9.90 Å². The number of unbranched alkanes of at least 4 members (excludes halogenated alkanes) is 2. The Morgan fingerprint density at radius 1 is 1.24 bits per heavy atom. The summed E-state index contributed by atoms with van der Waals surface area (Å²) in [6.45, 7) is 0.540. The van der Waals surface area contributed by atoms with Gasteiger partial charge in [-0.25, -0.2) is 4.39 Å². The third kappa shape index (κ3) is 5.46. The average molecular weight is 456 g/mol. The molecule has 0 atom stereocenters. The van der Waals surface area contributed by atoms with Crippen molar-refractivity contribution in [2.75, 3.05) is 0 Å². The van der Waals surface area contributed by atoms with E-state index in [9.17, 15) is 14.3 Å². The Morgan fingerprint density at radius 3 is 2.76 bits per heavy atom. The Morgan fingerprint density at radius 2 is 2.03 bits per heavy atom. The van der Waals surface area contributed by atoms with Gasteiger partial charge in [0, 0.05) is 24.9 Å². The van der Waals surface area contributed by atoms with Gasteiger partial charge in [0.25, 0.3) is 0 Å². The Labute approximate surface area is 181 Å². The zero-order chi connectivity index (χ0) is 21.0. The maximum Gasteiger partial charge on any atom is 0.303 e. The summed E-state index contributed by atoms with van der Waals surface area (Å²) < 4.78 is 21.4. The topological polar surface area (TPSA) is 75.6 Å². The van der Waals surface area contributed by atoms with Crippen LogP contribution in [0.5, 0.6) is 5.88 Å². The van der Waals surface area contributed by atoms with E-state index in [2.05, 4.69) is 0 Å². The normalized spacial score (nSPS) is 11.1. The molecule has 154 valence electrons. The molecule has 0 saturated heterocycles. The number of benzene rings is 1. The molecule has 2 heterocycles. The predicted octanol–water partition coefficient (Wildman–Crippen LogP) is 6.27. The highest BCUT2D eigenvalue weighted by atomic mass is 35.5. The molecule has 3 aromatic rings. The monoisotopic (exact) mass is 455 g/mol. The molecule has 9 heteroatoms. The number of nitrogens with zero attached hydrogens (tertiary/aromatic N) is 1. The van der Waals surface area contributed by atoms with E-state index in [1.54, 1.807) is 22.8 Å². The lowest BCUT2D eigenvalue weighted by Gasteiger charge is -2.05. The van der Waals surface area contributed by atoms with Gasteiger partial charge in [0.15, 0.2) is 3.95 Å². The number of aromatic hydroxyl groups is 1. The van der Waals surface area contributed by atoms with Gasteiger partial charge in [0.2, 0.25) is 5.88 Å². The van der Waals surface area contributed by atoms with Crippen LogP contribution in [0.3, 0.4) is 0 Å². The molecule has 0 bridgehead atoms. The number of hydrogen-bond donors (Lipinski definition) is 2. The van der Waals surface area contributed by atoms with Crippen molar-refractivity contribution in [3.05, 3.63) is 55.8 Å². The van der Waals surface area contributed by atoms with Crippen LogP contribution in [-0.4, -0.2) is 20.7 Å². The van der Waals surface area contributed by atoms with Gasteiger partial charge in [0.1, 0.15) is 17.3 Å². The van der Waals surface area contributed by atoms with Gasteiger partial charge >= 0.3 is 5.97 Å². The summed E-state index contributed by atoms with van der Waals surface area (Å²) in [4.78, 5) is 11.2. The molecule has 5 nitrogen and oxygen atoms in total. The number of thiazole rings is 1. The molecular weight excluding hydrogens is 437 g/mol. The van der Waals surface area contributed by atoms with Gasteiger partial charge < -0.3 is 14.6 Å². The third-order valence-corrected chi connectivity index (χ3v) is 6.14. The zero-order valence-corrected chi connectivity index (χ0v) is 17.7. The average Bonchev–Trinajstić information content (AvgIpc) is 3.23. The second-order valence-electron chi connectivity index (χ2n) is 6.54. The number of rotatable bonds is 9. The SMILES string of the molecule is O=C(O)CCCCCn1c(O)c(Cc2ccc(-c3ccc(F)c(Cl)c3)o2)sc1=S. The molecule has 0 aliphatic carbocycles. The predicted molar refractivity (Wildman–Crippen MR) is 113 cm³/mol. The van der Waals surface area contributed by atoms with Gasteiger partial charge in [-0.3, -0.25) is 9.36 Å². The van der Waals surface area contributed by atoms with Crippen LogP contribution in [0.1, 0.15) is 36.3 Å². The van der Waals surface area contributed by atoms with E-state index >= 15 is 0 Å². The first-order chi connectivity index (χ1) is 13.8. The van der Waals surface area contributed by atoms with E-state index in [0.717, 1.165) is 12.8 Å². The Hall–Kier alpha value is -2.16. The third-order valence-electron chi connectivity index (χ3n) is 4.41. The van der Waals surface area contributed by atoms with Crippen LogP contribution in [0.15, 0.2) is 34.7 Å². The number of aliphatic carboxylic acids is 1. The molecule has 1 aromatic carbocycles. The molecular formula is C20H19ClFNO4S2. The maximum atomic E-state index is 13.3. The van der Waals surface area contributed by atoms with Crippen molar-refractivity contribution in [3.8, 4) is 17.2 Å². The summed E-state index contributed by atoms with van der Waals surface area (Å²) in [6, 6.07) is 7.95. The van der Waals surface area contributed by atoms with Gasteiger partial charge in [-0.1, -0.05) is 18.0 Å². The summed E-state index contributed by atoms with van der Waals surface area (Å²) in [5.41, 5.74) is 0.665. The molecule has 0 amide bonds. The van der Waals surface area contributed by atoms with Crippen LogP contribution >= 0.6 is 35.2 Å². The fourth-order valence-electron chi connectivity index (χ4n) is 2.91. The van der Waals surface area contributed by atoms with Gasteiger partial charge in [-0.2, -0.15) is 0 Å². The Kier molecular flexibility index (Phi) is 7.10. The molecule has 2 N–H and O–H groups in total. The number of carboxylic acids is 1. The first-order valence-electron chi connectivity index (χ1n) is 9.02. The molecule has 0 unspecified atom stereocenters. The smallest absolute Gasteiger partial charge is 0.303 e. The van der Waals surface area contributed by atoms with Gasteiger partial charge in [-0.15, -0.1) is 11.3 Å². The minimum atomic E-state index is -0.803. The van der Waals surface area contributed by atoms with Crippen LogP contribution in [-0.2, 0) is 17.8 Å². The molecule has 3 rings (SSSR count). The summed E-state index contributed by atoms with van der Waals surface area (Å²) in [7, 11) is 0. The van der Waals surface area contributed by atoms with E-state index in [4.69, 9.17) is 33.3 Å². The minimum absolute atomic E-state index is 0.0245. The van der Waals surface area contributed by atoms with Crippen LogP contribution in [0.4, 0.5) is 4.39 Å². The van der Waals surface area contributed by atoms with Crippen molar-refractivity contribution in [1.82, 2.24) is 4.57 Å². The van der Waals surface area contributed by atoms with Crippen LogP contribution in [0.25, 0.3) is 11.3 Å². The van der Waals surface area contributed by atoms with E-state index < -0.39 is 11.8 Å². The summed E-state index contributed by atoms with van der Waals surface area (Å²) in [5.74, 6) is 0.0173. The van der Waals surface area contributed by atoms with Gasteiger partial charge in [-0.05, 0) is 55.4 Å². The lowest BCUT2D eigenvalue weighted by atomic mass is 10.2. The Balaban J connectivity index is 1.66. The van der Waals surface area contributed by atoms with E-state index in [0.29, 0.717) is 45.3 Å². The highest BCUT2D eigenvalue weighted by molar-refractivity contribution is 7.73. The number of carbonyl (C=O) groups is 1. The zero-order valence-electron chi connectivity index (χ0n) is 15.4. The number of aromatic nitrogens is 1. The quantitative estimate of drug-likeness (QED) is 0.293. The molecule has 0 aliphatic heterocycles. The van der Waals surface area contributed by atoms with Crippen LogP contribution in [0, 0.1) is 9.77 Å². The first-order valence-corrected chi connectivity index (χ1v) is 10.6. The number of hydrogen-bond acceptors (Lipinski definition) is 5. The first kappa shape index (κ1) is 21.5. The van der Waals surface area contributed by atoms with Crippen molar-refractivity contribution in [2.45, 2.75) is 38.6 Å². The van der Waals surface area contributed by atoms with E-state index in [1.807, 2.05) is 0 Å². The van der Waals surface area contributed by atoms with Crippen molar-refractivity contribution < 1.29 is 23.8 Å². The molecule has 29 heavy (non-hydrogen) atoms. The minimum Gasteiger partial charge on any atom is -0.494 e.